The van der Waals surface area contributed by atoms with Crippen molar-refractivity contribution in [3.63, 3.8) is 0 Å². The van der Waals surface area contributed by atoms with Crippen LogP contribution in [-0.2, 0) is 4.79 Å². The molecule has 0 bridgehead atoms. The standard InChI is InChI=1S/C15H22N4O2/c20-15(21)11-5-7-19(8-6-11)14-9-13(16-10-17-14)18-12-3-1-2-4-12/h9-12H,1-8H2,(H,20,21)(H,16,17,18). The van der Waals surface area contributed by atoms with Crippen LogP contribution < -0.4 is 10.2 Å². The molecule has 1 saturated carbocycles. The van der Waals surface area contributed by atoms with Gasteiger partial charge >= 0.3 is 5.97 Å². The lowest BCUT2D eigenvalue weighted by atomic mass is 9.97. The van der Waals surface area contributed by atoms with Gasteiger partial charge in [-0.2, -0.15) is 0 Å². The first-order valence-corrected chi connectivity index (χ1v) is 7.79. The summed E-state index contributed by atoms with van der Waals surface area (Å²) in [5.41, 5.74) is 0. The molecule has 0 atom stereocenters. The summed E-state index contributed by atoms with van der Waals surface area (Å²) in [7, 11) is 0. The van der Waals surface area contributed by atoms with Crippen molar-refractivity contribution >= 4 is 17.6 Å². The molecule has 2 heterocycles. The third-order valence-corrected chi connectivity index (χ3v) is 4.53. The minimum absolute atomic E-state index is 0.209. The topological polar surface area (TPSA) is 78.4 Å². The van der Waals surface area contributed by atoms with E-state index >= 15 is 0 Å². The summed E-state index contributed by atoms with van der Waals surface area (Å²) in [5.74, 6) is 0.890. The summed E-state index contributed by atoms with van der Waals surface area (Å²) in [6, 6.07) is 2.52. The van der Waals surface area contributed by atoms with Gasteiger partial charge < -0.3 is 15.3 Å². The number of piperidine rings is 1. The Morgan fingerprint density at radius 1 is 1.19 bits per heavy atom. The van der Waals surface area contributed by atoms with Crippen molar-refractivity contribution in [1.82, 2.24) is 9.97 Å². The van der Waals surface area contributed by atoms with E-state index in [1.165, 1.54) is 25.7 Å². The van der Waals surface area contributed by atoms with E-state index in [0.29, 0.717) is 18.9 Å². The Hall–Kier alpha value is -1.85. The van der Waals surface area contributed by atoms with E-state index < -0.39 is 5.97 Å². The molecule has 1 aliphatic heterocycles. The Morgan fingerprint density at radius 2 is 1.90 bits per heavy atom. The average Bonchev–Trinajstić information content (AvgIpc) is 3.00. The van der Waals surface area contributed by atoms with Crippen LogP contribution >= 0.6 is 0 Å². The highest BCUT2D eigenvalue weighted by atomic mass is 16.4. The summed E-state index contributed by atoms with van der Waals surface area (Å²) in [6.45, 7) is 1.49. The van der Waals surface area contributed by atoms with E-state index in [9.17, 15) is 4.79 Å². The maximum Gasteiger partial charge on any atom is 0.306 e. The van der Waals surface area contributed by atoms with Crippen LogP contribution in [0.15, 0.2) is 12.4 Å². The molecule has 0 radical (unpaired) electrons. The van der Waals surface area contributed by atoms with Gasteiger partial charge in [0, 0.05) is 25.2 Å². The Labute approximate surface area is 124 Å². The van der Waals surface area contributed by atoms with Gasteiger partial charge in [-0.05, 0) is 25.7 Å². The second-order valence-electron chi connectivity index (χ2n) is 5.99. The number of carboxylic acid groups (broad SMARTS) is 1. The molecule has 6 heteroatoms. The molecule has 0 unspecified atom stereocenters. The predicted octanol–water partition coefficient (Wildman–Crippen LogP) is 2.13. The largest absolute Gasteiger partial charge is 0.481 e. The number of carbonyl (C=O) groups is 1. The first kappa shape index (κ1) is 14.1. The molecule has 1 aliphatic carbocycles. The number of rotatable bonds is 4. The third-order valence-electron chi connectivity index (χ3n) is 4.53. The number of anilines is 2. The summed E-state index contributed by atoms with van der Waals surface area (Å²) in [6.07, 6.45) is 7.97. The fraction of sp³-hybridized carbons (Fsp3) is 0.667. The molecular weight excluding hydrogens is 268 g/mol. The number of hydrogen-bond acceptors (Lipinski definition) is 5. The summed E-state index contributed by atoms with van der Waals surface area (Å²) >= 11 is 0. The summed E-state index contributed by atoms with van der Waals surface area (Å²) in [5, 5.41) is 12.5. The SMILES string of the molecule is O=C(O)C1CCN(c2cc(NC3CCCC3)ncn2)CC1. The second-order valence-corrected chi connectivity index (χ2v) is 5.99. The van der Waals surface area contributed by atoms with Crippen LogP contribution in [0.4, 0.5) is 11.6 Å². The molecule has 3 rings (SSSR count). The number of hydrogen-bond donors (Lipinski definition) is 2. The van der Waals surface area contributed by atoms with Crippen molar-refractivity contribution in [3.8, 4) is 0 Å². The Bertz CT molecular complexity index is 494. The summed E-state index contributed by atoms with van der Waals surface area (Å²) in [4.78, 5) is 21.8. The normalized spacial score (nSPS) is 20.7. The van der Waals surface area contributed by atoms with Crippen molar-refractivity contribution in [3.05, 3.63) is 12.4 Å². The van der Waals surface area contributed by atoms with E-state index in [2.05, 4.69) is 20.2 Å². The molecule has 2 aliphatic rings. The van der Waals surface area contributed by atoms with Gasteiger partial charge in [0.15, 0.2) is 0 Å². The van der Waals surface area contributed by atoms with Crippen molar-refractivity contribution in [2.24, 2.45) is 5.92 Å². The molecule has 0 aromatic carbocycles. The highest BCUT2D eigenvalue weighted by molar-refractivity contribution is 5.70. The number of nitrogens with one attached hydrogen (secondary N) is 1. The van der Waals surface area contributed by atoms with E-state index in [0.717, 1.165) is 24.7 Å². The first-order chi connectivity index (χ1) is 10.2. The second kappa shape index (κ2) is 6.28. The zero-order valence-electron chi connectivity index (χ0n) is 12.2. The molecule has 1 aromatic rings. The monoisotopic (exact) mass is 290 g/mol. The van der Waals surface area contributed by atoms with Gasteiger partial charge in [0.2, 0.25) is 0 Å². The van der Waals surface area contributed by atoms with Crippen molar-refractivity contribution in [1.29, 1.82) is 0 Å². The number of carboxylic acids is 1. The first-order valence-electron chi connectivity index (χ1n) is 7.79. The number of nitrogens with zero attached hydrogens (tertiary/aromatic N) is 3. The lowest BCUT2D eigenvalue weighted by Crippen LogP contribution is -2.36. The molecule has 1 aromatic heterocycles. The van der Waals surface area contributed by atoms with Gasteiger partial charge in [-0.1, -0.05) is 12.8 Å². The lowest BCUT2D eigenvalue weighted by molar-refractivity contribution is -0.142. The van der Waals surface area contributed by atoms with Crippen LogP contribution in [0.1, 0.15) is 38.5 Å². The average molecular weight is 290 g/mol. The Kier molecular flexibility index (Phi) is 4.22. The Balaban J connectivity index is 1.62. The van der Waals surface area contributed by atoms with E-state index in [1.54, 1.807) is 6.33 Å². The smallest absolute Gasteiger partial charge is 0.306 e. The predicted molar refractivity (Wildman–Crippen MR) is 80.5 cm³/mol. The fourth-order valence-electron chi connectivity index (χ4n) is 3.23. The number of aromatic nitrogens is 2. The van der Waals surface area contributed by atoms with Gasteiger partial charge in [0.05, 0.1) is 5.92 Å². The van der Waals surface area contributed by atoms with E-state index in [1.807, 2.05) is 6.07 Å². The Morgan fingerprint density at radius 3 is 2.57 bits per heavy atom. The number of aliphatic carboxylic acids is 1. The van der Waals surface area contributed by atoms with Gasteiger partial charge in [0.1, 0.15) is 18.0 Å². The van der Waals surface area contributed by atoms with Crippen molar-refractivity contribution < 1.29 is 9.90 Å². The minimum atomic E-state index is -0.680. The molecule has 0 spiro atoms. The van der Waals surface area contributed by atoms with Gasteiger partial charge in [-0.3, -0.25) is 4.79 Å². The van der Waals surface area contributed by atoms with Crippen LogP contribution in [-0.4, -0.2) is 40.2 Å². The molecule has 2 N–H and O–H groups in total. The molecule has 114 valence electrons. The quantitative estimate of drug-likeness (QED) is 0.884. The van der Waals surface area contributed by atoms with Crippen LogP contribution in [0, 0.1) is 5.92 Å². The fourth-order valence-corrected chi connectivity index (χ4v) is 3.23. The highest BCUT2D eigenvalue weighted by Crippen LogP contribution is 2.25. The van der Waals surface area contributed by atoms with Gasteiger partial charge in [-0.15, -0.1) is 0 Å². The molecule has 0 amide bonds. The van der Waals surface area contributed by atoms with E-state index in [4.69, 9.17) is 5.11 Å². The van der Waals surface area contributed by atoms with Crippen molar-refractivity contribution in [2.45, 2.75) is 44.6 Å². The zero-order chi connectivity index (χ0) is 14.7. The van der Waals surface area contributed by atoms with Crippen LogP contribution in [0.2, 0.25) is 0 Å². The lowest BCUT2D eigenvalue weighted by Gasteiger charge is -2.31. The van der Waals surface area contributed by atoms with Gasteiger partial charge in [0.25, 0.3) is 0 Å². The zero-order valence-corrected chi connectivity index (χ0v) is 12.2. The molecule has 2 fully saturated rings. The molecule has 1 saturated heterocycles. The van der Waals surface area contributed by atoms with E-state index in [-0.39, 0.29) is 5.92 Å². The van der Waals surface area contributed by atoms with Crippen molar-refractivity contribution in [2.75, 3.05) is 23.3 Å². The van der Waals surface area contributed by atoms with Crippen LogP contribution in [0.5, 0.6) is 0 Å². The van der Waals surface area contributed by atoms with Crippen LogP contribution in [0.25, 0.3) is 0 Å². The maximum atomic E-state index is 11.0. The summed E-state index contributed by atoms with van der Waals surface area (Å²) < 4.78 is 0. The molecule has 21 heavy (non-hydrogen) atoms. The van der Waals surface area contributed by atoms with Gasteiger partial charge in [-0.25, -0.2) is 9.97 Å². The van der Waals surface area contributed by atoms with Crippen LogP contribution in [0.3, 0.4) is 0 Å². The maximum absolute atomic E-state index is 11.0. The molecular formula is C15H22N4O2. The third kappa shape index (κ3) is 3.43. The highest BCUT2D eigenvalue weighted by Gasteiger charge is 2.25. The molecule has 6 nitrogen and oxygen atoms in total. The minimum Gasteiger partial charge on any atom is -0.481 e.